The molecule has 0 fully saturated rings. The quantitative estimate of drug-likeness (QED) is 0.139. The first-order valence-electron chi connectivity index (χ1n) is 10.4. The first kappa shape index (κ1) is 26.5. The van der Waals surface area contributed by atoms with E-state index in [0.717, 1.165) is 16.1 Å². The Kier molecular flexibility index (Phi) is 7.37. The van der Waals surface area contributed by atoms with E-state index in [1.165, 1.54) is 12.1 Å². The van der Waals surface area contributed by atoms with Crippen molar-refractivity contribution >= 4 is 81.5 Å². The summed E-state index contributed by atoms with van der Waals surface area (Å²) in [4.78, 5) is 53.8. The molecule has 3 amide bonds. The fraction of sp³-hybridized carbons (Fsp3) is 0.120. The van der Waals surface area contributed by atoms with Crippen LogP contribution in [0.1, 0.15) is 52.6 Å². The van der Waals surface area contributed by atoms with Crippen molar-refractivity contribution in [2.75, 3.05) is 6.54 Å². The predicted molar refractivity (Wildman–Crippen MR) is 140 cm³/mol. The van der Waals surface area contributed by atoms with E-state index in [2.05, 4.69) is 0 Å². The monoisotopic (exact) mass is 582 g/mol. The highest BCUT2D eigenvalue weighted by atomic mass is 35.5. The van der Waals surface area contributed by atoms with Crippen LogP contribution in [0.3, 0.4) is 0 Å². The molecule has 0 spiro atoms. The molecule has 1 heterocycles. The average molecular weight is 585 g/mol. The first-order valence-corrected chi connectivity index (χ1v) is 12.3. The smallest absolute Gasteiger partial charge is 0.282 e. The standard InChI is InChI=1S/C25H15Cl5N2O4/c1-11-7-8-13(9-12(11)2)16(33)10-31(23(34)14-5-3-4-6-15(14)26)32-24(35)17-18(25(32)36)20(28)22(30)21(29)19(17)27/h3-9H,10H2,1-2H3. The van der Waals surface area contributed by atoms with Crippen LogP contribution in [-0.4, -0.2) is 40.1 Å². The van der Waals surface area contributed by atoms with E-state index in [-0.39, 0.29) is 47.4 Å². The number of amides is 3. The lowest BCUT2D eigenvalue weighted by molar-refractivity contribution is 0.00533. The van der Waals surface area contributed by atoms with Gasteiger partial charge >= 0.3 is 0 Å². The van der Waals surface area contributed by atoms with Crippen molar-refractivity contribution in [2.24, 2.45) is 0 Å². The number of fused-ring (bicyclic) bond motifs is 1. The second kappa shape index (κ2) is 10.0. The molecule has 0 bridgehead atoms. The van der Waals surface area contributed by atoms with Crippen molar-refractivity contribution in [3.05, 3.63) is 101 Å². The topological polar surface area (TPSA) is 74.8 Å². The zero-order valence-electron chi connectivity index (χ0n) is 18.7. The molecule has 1 aliphatic rings. The van der Waals surface area contributed by atoms with Crippen LogP contribution in [0.25, 0.3) is 0 Å². The Bertz CT molecular complexity index is 1440. The van der Waals surface area contributed by atoms with E-state index >= 15 is 0 Å². The largest absolute Gasteiger partial charge is 0.292 e. The molecular formula is C25H15Cl5N2O4. The van der Waals surface area contributed by atoms with Crippen LogP contribution in [0.4, 0.5) is 0 Å². The third-order valence-electron chi connectivity index (χ3n) is 5.78. The van der Waals surface area contributed by atoms with Gasteiger partial charge in [-0.25, -0.2) is 5.01 Å². The molecular weight excluding hydrogens is 570 g/mol. The average Bonchev–Trinajstić information content (AvgIpc) is 3.11. The van der Waals surface area contributed by atoms with Crippen LogP contribution < -0.4 is 0 Å². The molecule has 3 aromatic carbocycles. The van der Waals surface area contributed by atoms with Crippen LogP contribution in [0.15, 0.2) is 42.5 Å². The summed E-state index contributed by atoms with van der Waals surface area (Å²) in [7, 11) is 0. The summed E-state index contributed by atoms with van der Waals surface area (Å²) in [5.74, 6) is -3.37. The SMILES string of the molecule is Cc1ccc(C(=O)CN(C(=O)c2ccccc2Cl)N2C(=O)c3c(Cl)c(Cl)c(Cl)c(Cl)c3C2=O)cc1C. The molecule has 3 aromatic rings. The van der Waals surface area contributed by atoms with Crippen LogP contribution in [0, 0.1) is 13.8 Å². The van der Waals surface area contributed by atoms with Gasteiger partial charge in [0.1, 0.15) is 6.54 Å². The van der Waals surface area contributed by atoms with Gasteiger partial charge in [-0.3, -0.25) is 19.2 Å². The molecule has 0 aliphatic carbocycles. The highest BCUT2D eigenvalue weighted by Gasteiger charge is 2.46. The van der Waals surface area contributed by atoms with Crippen molar-refractivity contribution in [2.45, 2.75) is 13.8 Å². The van der Waals surface area contributed by atoms with Gasteiger partial charge in [-0.2, -0.15) is 5.01 Å². The Labute approximate surface area is 231 Å². The number of hydrogen-bond donors (Lipinski definition) is 0. The number of nitrogens with zero attached hydrogens (tertiary/aromatic N) is 2. The number of ketones is 1. The van der Waals surface area contributed by atoms with Crippen molar-refractivity contribution in [3.8, 4) is 0 Å². The Morgan fingerprint density at radius 2 is 1.33 bits per heavy atom. The minimum absolute atomic E-state index is 0.0307. The molecule has 0 unspecified atom stereocenters. The van der Waals surface area contributed by atoms with E-state index in [9.17, 15) is 19.2 Å². The first-order chi connectivity index (χ1) is 17.0. The number of halogens is 5. The second-order valence-corrected chi connectivity index (χ2v) is 9.91. The van der Waals surface area contributed by atoms with Crippen molar-refractivity contribution in [3.63, 3.8) is 0 Å². The number of carbonyl (C=O) groups excluding carboxylic acids is 4. The van der Waals surface area contributed by atoms with Gasteiger partial charge in [-0.15, -0.1) is 0 Å². The number of imide groups is 1. The molecule has 6 nitrogen and oxygen atoms in total. The molecule has 1 aliphatic heterocycles. The van der Waals surface area contributed by atoms with Gasteiger partial charge in [-0.05, 0) is 43.2 Å². The summed E-state index contributed by atoms with van der Waals surface area (Å²) in [6.45, 7) is 3.06. The summed E-state index contributed by atoms with van der Waals surface area (Å²) in [6, 6.07) is 11.0. The van der Waals surface area contributed by atoms with Gasteiger partial charge < -0.3 is 0 Å². The fourth-order valence-corrected chi connectivity index (χ4v) is 4.94. The number of rotatable bonds is 5. The highest BCUT2D eigenvalue weighted by molar-refractivity contribution is 6.55. The summed E-state index contributed by atoms with van der Waals surface area (Å²) in [6.07, 6.45) is 0. The second-order valence-electron chi connectivity index (χ2n) is 7.99. The number of hydrogen-bond acceptors (Lipinski definition) is 4. The fourth-order valence-electron chi connectivity index (χ4n) is 3.71. The normalized spacial score (nSPS) is 12.7. The number of benzene rings is 3. The molecule has 0 saturated carbocycles. The predicted octanol–water partition coefficient (Wildman–Crippen LogP) is 7.11. The number of Topliss-reactive ketones (excluding diaryl/α,β-unsaturated/α-hetero) is 1. The maximum absolute atomic E-state index is 13.6. The van der Waals surface area contributed by atoms with Gasteiger partial charge in [0.25, 0.3) is 17.7 Å². The minimum Gasteiger partial charge on any atom is -0.292 e. The maximum Gasteiger partial charge on any atom is 0.282 e. The molecule has 11 heteroatoms. The Balaban J connectivity index is 1.84. The van der Waals surface area contributed by atoms with Crippen molar-refractivity contribution < 1.29 is 19.2 Å². The van der Waals surface area contributed by atoms with E-state index in [0.29, 0.717) is 5.01 Å². The van der Waals surface area contributed by atoms with E-state index in [1.54, 1.807) is 30.3 Å². The summed E-state index contributed by atoms with van der Waals surface area (Å²) in [5, 5.41) is 0.253. The number of aryl methyl sites for hydroxylation is 2. The summed E-state index contributed by atoms with van der Waals surface area (Å²) >= 11 is 30.9. The maximum atomic E-state index is 13.6. The highest BCUT2D eigenvalue weighted by Crippen LogP contribution is 2.45. The van der Waals surface area contributed by atoms with E-state index in [4.69, 9.17) is 58.0 Å². The van der Waals surface area contributed by atoms with Gasteiger partial charge in [0.15, 0.2) is 5.78 Å². The third-order valence-corrected chi connectivity index (χ3v) is 7.91. The number of carbonyl (C=O) groups is 4. The van der Waals surface area contributed by atoms with Gasteiger partial charge in [0, 0.05) is 5.56 Å². The molecule has 0 radical (unpaired) electrons. The lowest BCUT2D eigenvalue weighted by Gasteiger charge is -2.29. The minimum atomic E-state index is -0.992. The lowest BCUT2D eigenvalue weighted by atomic mass is 10.0. The molecule has 0 saturated heterocycles. The molecule has 184 valence electrons. The van der Waals surface area contributed by atoms with E-state index in [1.807, 2.05) is 13.8 Å². The molecule has 4 rings (SSSR count). The van der Waals surface area contributed by atoms with Gasteiger partial charge in [0.05, 0.1) is 41.8 Å². The summed E-state index contributed by atoms with van der Waals surface area (Å²) in [5.41, 5.74) is 1.43. The van der Waals surface area contributed by atoms with Crippen LogP contribution in [-0.2, 0) is 0 Å². The zero-order chi connectivity index (χ0) is 26.5. The van der Waals surface area contributed by atoms with Crippen molar-refractivity contribution in [1.82, 2.24) is 10.0 Å². The summed E-state index contributed by atoms with van der Waals surface area (Å²) < 4.78 is 0. The molecule has 36 heavy (non-hydrogen) atoms. The number of hydrazine groups is 1. The van der Waals surface area contributed by atoms with Crippen LogP contribution >= 0.6 is 58.0 Å². The van der Waals surface area contributed by atoms with Crippen LogP contribution in [0.2, 0.25) is 25.1 Å². The van der Waals surface area contributed by atoms with Gasteiger partial charge in [0.2, 0.25) is 0 Å². The Morgan fingerprint density at radius 1 is 0.778 bits per heavy atom. The molecule has 0 aromatic heterocycles. The lowest BCUT2D eigenvalue weighted by Crippen LogP contribution is -2.51. The van der Waals surface area contributed by atoms with E-state index < -0.39 is 30.0 Å². The third kappa shape index (κ3) is 4.38. The van der Waals surface area contributed by atoms with Crippen molar-refractivity contribution in [1.29, 1.82) is 0 Å². The Hall–Kier alpha value is -2.61. The Morgan fingerprint density at radius 3 is 1.86 bits per heavy atom. The van der Waals surface area contributed by atoms with Gasteiger partial charge in [-0.1, -0.05) is 82.3 Å². The molecule has 0 N–H and O–H groups in total. The van der Waals surface area contributed by atoms with Crippen LogP contribution in [0.5, 0.6) is 0 Å². The zero-order valence-corrected chi connectivity index (χ0v) is 22.4. The molecule has 0 atom stereocenters.